The van der Waals surface area contributed by atoms with Gasteiger partial charge in [0.15, 0.2) is 0 Å². The lowest BCUT2D eigenvalue weighted by molar-refractivity contribution is -0.693. The molecule has 0 aliphatic heterocycles. The van der Waals surface area contributed by atoms with E-state index < -0.39 is 25.2 Å². The van der Waals surface area contributed by atoms with E-state index in [9.17, 15) is 19.3 Å². The van der Waals surface area contributed by atoms with Gasteiger partial charge in [0.05, 0.1) is 13.2 Å². The van der Waals surface area contributed by atoms with Crippen molar-refractivity contribution in [2.24, 2.45) is 7.05 Å². The number of aliphatic hydroxyl groups excluding tert-OH is 1. The Morgan fingerprint density at radius 1 is 1.43 bits per heavy atom. The average molecular weight is 347 g/mol. The fraction of sp³-hybridized carbons (Fsp3) is 0.500. The maximum atomic E-state index is 11.7. The summed E-state index contributed by atoms with van der Waals surface area (Å²) in [6.45, 7) is 0. The van der Waals surface area contributed by atoms with Gasteiger partial charge in [0.2, 0.25) is 12.1 Å². The van der Waals surface area contributed by atoms with Crippen molar-refractivity contribution in [1.29, 1.82) is 0 Å². The molecular weight excluding hydrogens is 331 g/mol. The first-order valence-electron chi connectivity index (χ1n) is 6.54. The topological polar surface area (TPSA) is 167 Å². The summed E-state index contributed by atoms with van der Waals surface area (Å²) in [6, 6.07) is 0. The first kappa shape index (κ1) is 17.2. The number of H-pyrrole nitrogens is 1. The molecule has 2 aromatic heterocycles. The standard InChI is InChI=1S/C10H15N6O6P/c1-14-6-15(10(19)11-9(14)18)7-5-16(13-12-7)8(17)3-2-4-23(20,21)22/h5-6,8,17H,2-4H2,1H3,(H2-,11,18,19,20,21,22)/p+1. The smallest absolute Gasteiger partial charge is 0.372 e. The lowest BCUT2D eigenvalue weighted by Gasteiger charge is -2.09. The molecule has 0 fully saturated rings. The lowest BCUT2D eigenvalue weighted by Crippen LogP contribution is -2.53. The fourth-order valence-electron chi connectivity index (χ4n) is 1.82. The summed E-state index contributed by atoms with van der Waals surface area (Å²) in [6.07, 6.45) is 1.16. The summed E-state index contributed by atoms with van der Waals surface area (Å²) >= 11 is 0. The van der Waals surface area contributed by atoms with Crippen molar-refractivity contribution in [3.8, 4) is 5.82 Å². The van der Waals surface area contributed by atoms with Crippen LogP contribution in [0.2, 0.25) is 0 Å². The molecule has 13 heteroatoms. The second-order valence-corrected chi connectivity index (χ2v) is 6.68. The van der Waals surface area contributed by atoms with Crippen LogP contribution in [0.15, 0.2) is 22.1 Å². The highest BCUT2D eigenvalue weighted by Gasteiger charge is 2.18. The van der Waals surface area contributed by atoms with Crippen molar-refractivity contribution in [2.45, 2.75) is 19.1 Å². The zero-order valence-electron chi connectivity index (χ0n) is 12.1. The van der Waals surface area contributed by atoms with E-state index in [1.165, 1.54) is 19.6 Å². The molecule has 0 saturated carbocycles. The molecule has 0 aliphatic rings. The normalized spacial score (nSPS) is 13.2. The van der Waals surface area contributed by atoms with E-state index in [4.69, 9.17) is 9.79 Å². The van der Waals surface area contributed by atoms with Crippen molar-refractivity contribution in [2.75, 3.05) is 6.16 Å². The minimum atomic E-state index is -4.11. The van der Waals surface area contributed by atoms with Crippen LogP contribution in [0, 0.1) is 0 Å². The van der Waals surface area contributed by atoms with Gasteiger partial charge in [-0.2, -0.15) is 4.98 Å². The lowest BCUT2D eigenvalue weighted by atomic mass is 10.3. The first-order chi connectivity index (χ1) is 10.7. The molecule has 0 radical (unpaired) electrons. The second-order valence-electron chi connectivity index (χ2n) is 4.90. The van der Waals surface area contributed by atoms with Crippen molar-refractivity contribution in [3.05, 3.63) is 33.5 Å². The third-order valence-electron chi connectivity index (χ3n) is 3.00. The molecule has 0 saturated heterocycles. The van der Waals surface area contributed by atoms with E-state index in [1.807, 2.05) is 0 Å². The van der Waals surface area contributed by atoms with Crippen LogP contribution in [0.5, 0.6) is 0 Å². The monoisotopic (exact) mass is 347 g/mol. The Morgan fingerprint density at radius 3 is 2.78 bits per heavy atom. The molecule has 0 aliphatic carbocycles. The van der Waals surface area contributed by atoms with E-state index in [2.05, 4.69) is 15.3 Å². The van der Waals surface area contributed by atoms with Crippen molar-refractivity contribution in [3.63, 3.8) is 0 Å². The quantitative estimate of drug-likeness (QED) is 0.326. The van der Waals surface area contributed by atoms with Crippen LogP contribution in [0.4, 0.5) is 0 Å². The zero-order chi connectivity index (χ0) is 17.2. The Hall–Kier alpha value is -2.14. The Labute approximate surface area is 128 Å². The fourth-order valence-corrected chi connectivity index (χ4v) is 2.41. The molecule has 2 heterocycles. The second kappa shape index (κ2) is 6.54. The van der Waals surface area contributed by atoms with Gasteiger partial charge in [-0.25, -0.2) is 18.8 Å². The predicted molar refractivity (Wildman–Crippen MR) is 74.8 cm³/mol. The van der Waals surface area contributed by atoms with E-state index in [-0.39, 0.29) is 24.8 Å². The van der Waals surface area contributed by atoms with E-state index in [0.29, 0.717) is 0 Å². The molecule has 1 atom stereocenters. The molecule has 12 nitrogen and oxygen atoms in total. The van der Waals surface area contributed by atoms with E-state index in [1.54, 1.807) is 0 Å². The molecular formula is C10H16N6O6P+. The van der Waals surface area contributed by atoms with Crippen molar-refractivity contribution in [1.82, 2.24) is 24.5 Å². The van der Waals surface area contributed by atoms with Gasteiger partial charge in [0.1, 0.15) is 6.23 Å². The number of nitrogens with zero attached hydrogens (tertiary/aromatic N) is 5. The Bertz CT molecular complexity index is 850. The molecule has 126 valence electrons. The SMILES string of the molecule is C[n+]1cn(-c2cn(C(O)CCCP(=O)(O)O)nn2)c(=O)[nH]c1=O. The van der Waals surface area contributed by atoms with Crippen LogP contribution >= 0.6 is 7.60 Å². The molecule has 0 spiro atoms. The molecule has 23 heavy (non-hydrogen) atoms. The highest BCUT2D eigenvalue weighted by Crippen LogP contribution is 2.35. The average Bonchev–Trinajstić information content (AvgIpc) is 2.91. The maximum absolute atomic E-state index is 11.7. The minimum absolute atomic E-state index is 0.0577. The number of aryl methyl sites for hydroxylation is 1. The highest BCUT2D eigenvalue weighted by molar-refractivity contribution is 7.51. The summed E-state index contributed by atoms with van der Waals surface area (Å²) < 4.78 is 14.0. The summed E-state index contributed by atoms with van der Waals surface area (Å²) in [5, 5.41) is 17.3. The van der Waals surface area contributed by atoms with Gasteiger partial charge >= 0.3 is 19.0 Å². The first-order valence-corrected chi connectivity index (χ1v) is 8.33. The van der Waals surface area contributed by atoms with Gasteiger partial charge in [0.25, 0.3) is 0 Å². The van der Waals surface area contributed by atoms with Crippen LogP contribution in [-0.4, -0.2) is 45.6 Å². The molecule has 2 aromatic rings. The third kappa shape index (κ3) is 4.42. The largest absolute Gasteiger partial charge is 0.452 e. The number of aromatic amines is 1. The molecule has 1 unspecified atom stereocenters. The number of aliphatic hydroxyl groups is 1. The molecule has 2 rings (SSSR count). The number of hydrogen-bond acceptors (Lipinski definition) is 6. The van der Waals surface area contributed by atoms with Gasteiger partial charge in [-0.15, -0.1) is 4.57 Å². The van der Waals surface area contributed by atoms with Gasteiger partial charge in [-0.1, -0.05) is 10.3 Å². The maximum Gasteiger partial charge on any atom is 0.452 e. The van der Waals surface area contributed by atoms with Gasteiger partial charge in [-0.05, 0) is 12.8 Å². The number of hydrogen-bond donors (Lipinski definition) is 4. The molecule has 4 N–H and O–H groups in total. The molecule has 0 bridgehead atoms. The highest BCUT2D eigenvalue weighted by atomic mass is 31.2. The van der Waals surface area contributed by atoms with Crippen molar-refractivity contribution >= 4 is 7.60 Å². The summed E-state index contributed by atoms with van der Waals surface area (Å²) in [5.74, 6) is 0.0795. The minimum Gasteiger partial charge on any atom is -0.372 e. The number of nitrogens with one attached hydrogen (secondary N) is 1. The van der Waals surface area contributed by atoms with Crippen LogP contribution in [0.1, 0.15) is 19.1 Å². The molecule has 0 amide bonds. The van der Waals surface area contributed by atoms with Gasteiger partial charge in [0, 0.05) is 6.16 Å². The summed E-state index contributed by atoms with van der Waals surface area (Å²) in [4.78, 5) is 42.6. The predicted octanol–water partition coefficient (Wildman–Crippen LogP) is -2.61. The number of rotatable bonds is 6. The Kier molecular flexibility index (Phi) is 4.90. The van der Waals surface area contributed by atoms with Crippen LogP contribution in [-0.2, 0) is 11.6 Å². The van der Waals surface area contributed by atoms with Gasteiger partial charge < -0.3 is 14.9 Å². The molecule has 0 aromatic carbocycles. The van der Waals surface area contributed by atoms with E-state index in [0.717, 1.165) is 13.8 Å². The Balaban J connectivity index is 2.15. The number of aromatic nitrogens is 6. The summed E-state index contributed by atoms with van der Waals surface area (Å²) in [7, 11) is -2.67. The van der Waals surface area contributed by atoms with Crippen LogP contribution < -0.4 is 15.9 Å². The third-order valence-corrected chi connectivity index (χ3v) is 3.90. The van der Waals surface area contributed by atoms with E-state index >= 15 is 0 Å². The zero-order valence-corrected chi connectivity index (χ0v) is 13.0. The Morgan fingerprint density at radius 2 is 2.13 bits per heavy atom. The van der Waals surface area contributed by atoms with Crippen molar-refractivity contribution < 1.29 is 24.0 Å². The van der Waals surface area contributed by atoms with Gasteiger partial charge in [-0.3, -0.25) is 4.57 Å². The summed E-state index contributed by atoms with van der Waals surface area (Å²) in [5.41, 5.74) is -1.30. The van der Waals surface area contributed by atoms with Crippen LogP contribution in [0.3, 0.4) is 0 Å². The van der Waals surface area contributed by atoms with Crippen LogP contribution in [0.25, 0.3) is 5.82 Å².